The molecule has 1 saturated heterocycles. The highest BCUT2D eigenvalue weighted by Crippen LogP contribution is 2.44. The number of aromatic amines is 1. The molecular weight excluding hydrogens is 463 g/mol. The molecule has 0 aliphatic carbocycles. The van der Waals surface area contributed by atoms with Crippen LogP contribution in [0.15, 0.2) is 36.9 Å². The van der Waals surface area contributed by atoms with Gasteiger partial charge in [0.2, 0.25) is 5.91 Å². The summed E-state index contributed by atoms with van der Waals surface area (Å²) < 4.78 is 18.2. The number of benzene rings is 1. The lowest BCUT2D eigenvalue weighted by Crippen LogP contribution is -2.39. The lowest BCUT2D eigenvalue weighted by atomic mass is 9.92. The summed E-state index contributed by atoms with van der Waals surface area (Å²) in [6.45, 7) is 0. The summed E-state index contributed by atoms with van der Waals surface area (Å²) >= 11 is 6.09. The van der Waals surface area contributed by atoms with Gasteiger partial charge in [-0.05, 0) is 47.4 Å². The zero-order chi connectivity index (χ0) is 23.4. The van der Waals surface area contributed by atoms with E-state index in [1.807, 2.05) is 4.90 Å². The van der Waals surface area contributed by atoms with Crippen LogP contribution in [0.25, 0.3) is 22.6 Å². The van der Waals surface area contributed by atoms with Gasteiger partial charge in [0.05, 0.1) is 22.9 Å². The zero-order valence-corrected chi connectivity index (χ0v) is 18.7. The number of imidazole rings is 1. The van der Waals surface area contributed by atoms with Gasteiger partial charge in [0.1, 0.15) is 23.5 Å². The van der Waals surface area contributed by atoms with Gasteiger partial charge in [-0.15, -0.1) is 10.2 Å². The predicted octanol–water partition coefficient (Wildman–Crippen LogP) is 2.49. The first kappa shape index (κ1) is 20.7. The van der Waals surface area contributed by atoms with Crippen molar-refractivity contribution in [2.45, 2.75) is 31.3 Å². The number of rotatable bonds is 4. The fourth-order valence-electron chi connectivity index (χ4n) is 4.86. The summed E-state index contributed by atoms with van der Waals surface area (Å²) in [4.78, 5) is 23.0. The average molecular weight is 481 g/mol. The molecule has 0 bridgehead atoms. The lowest BCUT2D eigenvalue weighted by Gasteiger charge is -2.33. The van der Waals surface area contributed by atoms with E-state index in [9.17, 15) is 4.79 Å². The Morgan fingerprint density at radius 2 is 2.09 bits per heavy atom. The number of tetrazole rings is 1. The second-order valence-corrected chi connectivity index (χ2v) is 8.70. The molecule has 2 aliphatic rings. The second-order valence-electron chi connectivity index (χ2n) is 8.29. The van der Waals surface area contributed by atoms with Crippen LogP contribution in [0.3, 0.4) is 0 Å². The van der Waals surface area contributed by atoms with Gasteiger partial charge in [-0.1, -0.05) is 16.8 Å². The largest absolute Gasteiger partial charge is 0.346 e. The monoisotopic (exact) mass is 480 g/mol. The van der Waals surface area contributed by atoms with E-state index in [1.165, 1.54) is 23.2 Å². The van der Waals surface area contributed by atoms with E-state index >= 15 is 4.39 Å². The average Bonchev–Trinajstić information content (AvgIpc) is 3.61. The SMILES string of the molecule is Cn1nncc1-c1c[nH]c([C@@H]2CCC3CC(c4c(-n5cnnn5)ccc(Cl)c4F)=CC(=O)N32)n1. The van der Waals surface area contributed by atoms with Gasteiger partial charge in [0.15, 0.2) is 5.82 Å². The summed E-state index contributed by atoms with van der Waals surface area (Å²) in [6.07, 6.45) is 8.27. The minimum atomic E-state index is -0.600. The molecule has 1 fully saturated rings. The molecule has 4 aromatic rings. The molecule has 11 nitrogen and oxygen atoms in total. The van der Waals surface area contributed by atoms with Gasteiger partial charge in [-0.3, -0.25) is 4.79 Å². The van der Waals surface area contributed by atoms with Crippen LogP contribution in [-0.2, 0) is 11.8 Å². The van der Waals surface area contributed by atoms with E-state index < -0.39 is 5.82 Å². The van der Waals surface area contributed by atoms with E-state index in [2.05, 4.69) is 30.8 Å². The summed E-state index contributed by atoms with van der Waals surface area (Å²) in [5, 5.41) is 19.0. The van der Waals surface area contributed by atoms with Crippen molar-refractivity contribution in [3.63, 3.8) is 0 Å². The first-order chi connectivity index (χ1) is 16.5. The van der Waals surface area contributed by atoms with Crippen molar-refractivity contribution >= 4 is 23.1 Å². The molecule has 1 amide bonds. The summed E-state index contributed by atoms with van der Waals surface area (Å²) in [7, 11) is 1.79. The van der Waals surface area contributed by atoms with Gasteiger partial charge in [0.25, 0.3) is 0 Å². The highest BCUT2D eigenvalue weighted by Gasteiger charge is 2.42. The van der Waals surface area contributed by atoms with Crippen LogP contribution in [0, 0.1) is 5.82 Å². The lowest BCUT2D eigenvalue weighted by molar-refractivity contribution is -0.129. The summed E-state index contributed by atoms with van der Waals surface area (Å²) in [5.41, 5.74) is 2.71. The number of fused-ring (bicyclic) bond motifs is 1. The van der Waals surface area contributed by atoms with Crippen molar-refractivity contribution in [3.05, 3.63) is 59.2 Å². The standard InChI is InChI=1S/C21H18ClFN10O/c1-31-17(9-25-29-31)14-8-24-21(27-14)16-4-2-12-6-11(7-18(34)33(12)16)19-15(32-10-26-28-30-32)5-3-13(22)20(19)23/h3,5,7-10,12,16H,2,4,6H2,1H3,(H,24,27)/t12?,16-/m0/s1. The molecule has 13 heteroatoms. The Morgan fingerprint density at radius 1 is 1.21 bits per heavy atom. The van der Waals surface area contributed by atoms with Crippen molar-refractivity contribution in [3.8, 4) is 17.1 Å². The van der Waals surface area contributed by atoms with Crippen molar-refractivity contribution in [1.29, 1.82) is 0 Å². The highest BCUT2D eigenvalue weighted by molar-refractivity contribution is 6.31. The Morgan fingerprint density at radius 3 is 2.85 bits per heavy atom. The number of carbonyl (C=O) groups excluding carboxylic acids is 1. The number of hydrogen-bond acceptors (Lipinski definition) is 7. The molecule has 1 unspecified atom stereocenters. The van der Waals surface area contributed by atoms with Crippen LogP contribution in [0.2, 0.25) is 5.02 Å². The van der Waals surface area contributed by atoms with Crippen molar-refractivity contribution in [2.24, 2.45) is 7.05 Å². The zero-order valence-electron chi connectivity index (χ0n) is 17.9. The number of nitrogens with one attached hydrogen (secondary N) is 1. The van der Waals surface area contributed by atoms with E-state index in [0.717, 1.165) is 18.5 Å². The van der Waals surface area contributed by atoms with E-state index in [1.54, 1.807) is 30.2 Å². The van der Waals surface area contributed by atoms with E-state index in [4.69, 9.17) is 16.6 Å². The second kappa shape index (κ2) is 7.83. The number of H-pyrrole nitrogens is 1. The van der Waals surface area contributed by atoms with Gasteiger partial charge in [0, 0.05) is 30.9 Å². The molecule has 2 aliphatic heterocycles. The molecule has 6 rings (SSSR count). The third kappa shape index (κ3) is 3.21. The Kier molecular flexibility index (Phi) is 4.76. The van der Waals surface area contributed by atoms with E-state index in [0.29, 0.717) is 29.2 Å². The Bertz CT molecular complexity index is 1430. The molecule has 34 heavy (non-hydrogen) atoms. The van der Waals surface area contributed by atoms with Gasteiger partial charge in [-0.2, -0.15) is 4.68 Å². The minimum absolute atomic E-state index is 0.0281. The Hall–Kier alpha value is -3.93. The molecule has 1 aromatic carbocycles. The minimum Gasteiger partial charge on any atom is -0.346 e. The molecule has 5 heterocycles. The number of aryl methyl sites for hydroxylation is 1. The smallest absolute Gasteiger partial charge is 0.247 e. The van der Waals surface area contributed by atoms with Gasteiger partial charge >= 0.3 is 0 Å². The van der Waals surface area contributed by atoms with Gasteiger partial charge in [-0.25, -0.2) is 14.1 Å². The number of hydrogen-bond donors (Lipinski definition) is 1. The third-order valence-electron chi connectivity index (χ3n) is 6.39. The maximum atomic E-state index is 15.2. The molecule has 1 N–H and O–H groups in total. The molecule has 0 spiro atoms. The fraction of sp³-hybridized carbons (Fsp3) is 0.286. The quantitative estimate of drug-likeness (QED) is 0.476. The van der Waals surface area contributed by atoms with Crippen LogP contribution in [0.4, 0.5) is 4.39 Å². The molecule has 172 valence electrons. The van der Waals surface area contributed by atoms with E-state index in [-0.39, 0.29) is 28.6 Å². The number of halogens is 2. The number of aromatic nitrogens is 9. The number of amides is 1. The Balaban J connectivity index is 1.34. The van der Waals surface area contributed by atoms with Crippen LogP contribution in [0.5, 0.6) is 0 Å². The fourth-order valence-corrected chi connectivity index (χ4v) is 5.02. The molecular formula is C21H18ClFN10O. The predicted molar refractivity (Wildman–Crippen MR) is 118 cm³/mol. The van der Waals surface area contributed by atoms with Crippen molar-refractivity contribution in [2.75, 3.05) is 0 Å². The molecule has 2 atom stereocenters. The molecule has 3 aromatic heterocycles. The number of nitrogens with zero attached hydrogens (tertiary/aromatic N) is 9. The van der Waals surface area contributed by atoms with Gasteiger partial charge < -0.3 is 9.88 Å². The third-order valence-corrected chi connectivity index (χ3v) is 6.68. The van der Waals surface area contributed by atoms with Crippen LogP contribution >= 0.6 is 11.6 Å². The topological polar surface area (TPSA) is 123 Å². The van der Waals surface area contributed by atoms with Crippen molar-refractivity contribution < 1.29 is 9.18 Å². The molecule has 0 radical (unpaired) electrons. The van der Waals surface area contributed by atoms with Crippen molar-refractivity contribution in [1.82, 2.24) is 50.1 Å². The normalized spacial score (nSPS) is 20.0. The maximum absolute atomic E-state index is 15.2. The number of carbonyl (C=O) groups is 1. The summed E-state index contributed by atoms with van der Waals surface area (Å²) in [6, 6.07) is 2.80. The van der Waals surface area contributed by atoms with Crippen LogP contribution in [-0.4, -0.2) is 62.0 Å². The Labute approximate surface area is 197 Å². The maximum Gasteiger partial charge on any atom is 0.247 e. The first-order valence-electron chi connectivity index (χ1n) is 10.7. The highest BCUT2D eigenvalue weighted by atomic mass is 35.5. The molecule has 0 saturated carbocycles. The first-order valence-corrected chi connectivity index (χ1v) is 11.0. The van der Waals surface area contributed by atoms with Crippen LogP contribution < -0.4 is 0 Å². The van der Waals surface area contributed by atoms with Crippen LogP contribution in [0.1, 0.15) is 36.7 Å². The summed E-state index contributed by atoms with van der Waals surface area (Å²) in [5.74, 6) is -0.0969.